The number of nitrogens with two attached hydrogens (primary N) is 1. The Labute approximate surface area is 124 Å². The number of anilines is 1. The second-order valence-electron chi connectivity index (χ2n) is 5.13. The van der Waals surface area contributed by atoms with Crippen LogP contribution in [0.2, 0.25) is 0 Å². The molecular formula is C15H22N2O4. The van der Waals surface area contributed by atoms with Gasteiger partial charge in [0.15, 0.2) is 0 Å². The van der Waals surface area contributed by atoms with Crippen molar-refractivity contribution in [2.24, 2.45) is 5.73 Å². The van der Waals surface area contributed by atoms with E-state index in [-0.39, 0.29) is 0 Å². The van der Waals surface area contributed by atoms with Gasteiger partial charge >= 0.3 is 5.97 Å². The minimum Gasteiger partial charge on any atom is -0.496 e. The van der Waals surface area contributed by atoms with Gasteiger partial charge in [-0.15, -0.1) is 0 Å². The molecule has 6 heteroatoms. The Bertz CT molecular complexity index is 513. The molecule has 0 radical (unpaired) electrons. The van der Waals surface area contributed by atoms with E-state index in [1.165, 1.54) is 13.5 Å². The highest BCUT2D eigenvalue weighted by atomic mass is 16.5. The molecule has 3 N–H and O–H groups in total. The van der Waals surface area contributed by atoms with E-state index in [1.807, 2.05) is 6.07 Å². The smallest absolute Gasteiger partial charge is 0.325 e. The molecule has 116 valence electrons. The van der Waals surface area contributed by atoms with Crippen LogP contribution in [0.25, 0.3) is 0 Å². The van der Waals surface area contributed by atoms with Crippen LogP contribution in [0.3, 0.4) is 0 Å². The van der Waals surface area contributed by atoms with Gasteiger partial charge in [-0.3, -0.25) is 4.79 Å². The summed E-state index contributed by atoms with van der Waals surface area (Å²) in [5.74, 6) is 0.0109. The van der Waals surface area contributed by atoms with Gasteiger partial charge in [0.05, 0.1) is 19.9 Å². The van der Waals surface area contributed by atoms with Crippen LogP contribution in [0, 0.1) is 0 Å². The van der Waals surface area contributed by atoms with Crippen LogP contribution in [0.1, 0.15) is 30.9 Å². The van der Waals surface area contributed by atoms with Crippen molar-refractivity contribution in [3.05, 3.63) is 17.7 Å². The molecule has 1 aliphatic heterocycles. The van der Waals surface area contributed by atoms with Crippen LogP contribution in [-0.2, 0) is 4.79 Å². The first-order valence-electron chi connectivity index (χ1n) is 7.07. The predicted octanol–water partition coefficient (Wildman–Crippen LogP) is 1.78. The molecule has 21 heavy (non-hydrogen) atoms. The van der Waals surface area contributed by atoms with Crippen molar-refractivity contribution in [2.45, 2.75) is 25.3 Å². The Morgan fingerprint density at radius 2 is 1.81 bits per heavy atom. The SMILES string of the molecule is COc1cc(N2CCCCC2)c(OC)cc1[C@H](N)C(=O)O. The number of hydrogen-bond acceptors (Lipinski definition) is 5. The molecule has 0 aliphatic carbocycles. The van der Waals surface area contributed by atoms with Crippen molar-refractivity contribution in [3.63, 3.8) is 0 Å². The number of carbonyl (C=O) groups is 1. The fraction of sp³-hybridized carbons (Fsp3) is 0.533. The Hall–Kier alpha value is -1.95. The molecule has 2 rings (SSSR count). The van der Waals surface area contributed by atoms with Gasteiger partial charge in [-0.25, -0.2) is 0 Å². The lowest BCUT2D eigenvalue weighted by molar-refractivity contribution is -0.138. The van der Waals surface area contributed by atoms with Gasteiger partial charge in [0.1, 0.15) is 17.5 Å². The maximum atomic E-state index is 11.1. The van der Waals surface area contributed by atoms with Gasteiger partial charge in [-0.05, 0) is 25.3 Å². The zero-order valence-electron chi connectivity index (χ0n) is 12.5. The maximum Gasteiger partial charge on any atom is 0.325 e. The first kappa shape index (κ1) is 15.4. The molecular weight excluding hydrogens is 272 g/mol. The van der Waals surface area contributed by atoms with Gasteiger partial charge in [0, 0.05) is 24.7 Å². The summed E-state index contributed by atoms with van der Waals surface area (Å²) in [5.41, 5.74) is 7.06. The summed E-state index contributed by atoms with van der Waals surface area (Å²) in [6.45, 7) is 1.92. The molecule has 1 aromatic carbocycles. The van der Waals surface area contributed by atoms with Crippen LogP contribution < -0.4 is 20.1 Å². The third kappa shape index (κ3) is 3.21. The highest BCUT2D eigenvalue weighted by molar-refractivity contribution is 5.78. The lowest BCUT2D eigenvalue weighted by Gasteiger charge is -2.31. The van der Waals surface area contributed by atoms with E-state index in [4.69, 9.17) is 20.3 Å². The maximum absolute atomic E-state index is 11.1. The van der Waals surface area contributed by atoms with Gasteiger partial charge in [-0.1, -0.05) is 0 Å². The van der Waals surface area contributed by atoms with E-state index in [1.54, 1.807) is 13.2 Å². The minimum atomic E-state index is -1.13. The molecule has 0 saturated carbocycles. The summed E-state index contributed by atoms with van der Waals surface area (Å²) in [5, 5.41) is 9.11. The van der Waals surface area contributed by atoms with Gasteiger partial charge in [0.25, 0.3) is 0 Å². The fourth-order valence-electron chi connectivity index (χ4n) is 2.66. The molecule has 0 aromatic heterocycles. The predicted molar refractivity (Wildman–Crippen MR) is 80.2 cm³/mol. The summed E-state index contributed by atoms with van der Waals surface area (Å²) >= 11 is 0. The Morgan fingerprint density at radius 3 is 2.33 bits per heavy atom. The number of nitrogens with zero attached hydrogens (tertiary/aromatic N) is 1. The first-order chi connectivity index (χ1) is 10.1. The second kappa shape index (κ2) is 6.67. The topological polar surface area (TPSA) is 85.0 Å². The van der Waals surface area contributed by atoms with Gasteiger partial charge < -0.3 is 25.2 Å². The molecule has 1 saturated heterocycles. The molecule has 0 spiro atoms. The molecule has 6 nitrogen and oxygen atoms in total. The highest BCUT2D eigenvalue weighted by Crippen LogP contribution is 2.38. The summed E-state index contributed by atoms with van der Waals surface area (Å²) in [6.07, 6.45) is 3.52. The third-order valence-corrected chi connectivity index (χ3v) is 3.83. The Balaban J connectivity index is 2.44. The van der Waals surface area contributed by atoms with E-state index >= 15 is 0 Å². The lowest BCUT2D eigenvalue weighted by Crippen LogP contribution is -2.30. The van der Waals surface area contributed by atoms with Crippen molar-refractivity contribution in [3.8, 4) is 11.5 Å². The van der Waals surface area contributed by atoms with E-state index < -0.39 is 12.0 Å². The zero-order chi connectivity index (χ0) is 15.4. The van der Waals surface area contributed by atoms with E-state index in [2.05, 4.69) is 4.90 Å². The molecule has 1 fully saturated rings. The molecule has 0 unspecified atom stereocenters. The average molecular weight is 294 g/mol. The Kier molecular flexibility index (Phi) is 4.90. The monoisotopic (exact) mass is 294 g/mol. The lowest BCUT2D eigenvalue weighted by atomic mass is 10.0. The molecule has 0 amide bonds. The zero-order valence-corrected chi connectivity index (χ0v) is 12.5. The molecule has 1 aromatic rings. The van der Waals surface area contributed by atoms with Gasteiger partial charge in [0.2, 0.25) is 0 Å². The van der Waals surface area contributed by atoms with Crippen LogP contribution in [0.5, 0.6) is 11.5 Å². The average Bonchev–Trinajstić information content (AvgIpc) is 2.53. The number of methoxy groups -OCH3 is 2. The number of ether oxygens (including phenoxy) is 2. The second-order valence-corrected chi connectivity index (χ2v) is 5.13. The highest BCUT2D eigenvalue weighted by Gasteiger charge is 2.24. The number of aliphatic carboxylic acids is 1. The summed E-state index contributed by atoms with van der Waals surface area (Å²) in [4.78, 5) is 13.4. The number of carboxylic acid groups (broad SMARTS) is 1. The summed E-state index contributed by atoms with van der Waals surface area (Å²) < 4.78 is 10.7. The molecule has 1 aliphatic rings. The molecule has 0 bridgehead atoms. The molecule has 1 atom stereocenters. The Morgan fingerprint density at radius 1 is 1.19 bits per heavy atom. The minimum absolute atomic E-state index is 0.419. The molecule has 1 heterocycles. The van der Waals surface area contributed by atoms with Gasteiger partial charge in [-0.2, -0.15) is 0 Å². The van der Waals surface area contributed by atoms with Crippen LogP contribution >= 0.6 is 0 Å². The number of carboxylic acids is 1. The number of piperidine rings is 1. The van der Waals surface area contributed by atoms with Crippen LogP contribution in [-0.4, -0.2) is 38.4 Å². The quantitative estimate of drug-likeness (QED) is 0.861. The third-order valence-electron chi connectivity index (χ3n) is 3.83. The first-order valence-corrected chi connectivity index (χ1v) is 7.07. The van der Waals surface area contributed by atoms with E-state index in [0.717, 1.165) is 31.6 Å². The van der Waals surface area contributed by atoms with Crippen molar-refractivity contribution in [1.82, 2.24) is 0 Å². The summed E-state index contributed by atoms with van der Waals surface area (Å²) in [7, 11) is 3.09. The van der Waals surface area contributed by atoms with E-state index in [0.29, 0.717) is 17.1 Å². The number of hydrogen-bond donors (Lipinski definition) is 2. The van der Waals surface area contributed by atoms with E-state index in [9.17, 15) is 4.79 Å². The summed E-state index contributed by atoms with van der Waals surface area (Å²) in [6, 6.07) is 2.35. The van der Waals surface area contributed by atoms with Crippen molar-refractivity contribution < 1.29 is 19.4 Å². The largest absolute Gasteiger partial charge is 0.496 e. The fourth-order valence-corrected chi connectivity index (χ4v) is 2.66. The van der Waals surface area contributed by atoms with Crippen molar-refractivity contribution >= 4 is 11.7 Å². The van der Waals surface area contributed by atoms with Crippen LogP contribution in [0.15, 0.2) is 12.1 Å². The van der Waals surface area contributed by atoms with Crippen molar-refractivity contribution in [1.29, 1.82) is 0 Å². The number of rotatable bonds is 5. The standard InChI is InChI=1S/C15H22N2O4/c1-20-12-9-11(17-6-4-3-5-7-17)13(21-2)8-10(12)14(16)15(18)19/h8-9,14H,3-7,16H2,1-2H3,(H,18,19)/t14-/m0/s1. The van der Waals surface area contributed by atoms with Crippen LogP contribution in [0.4, 0.5) is 5.69 Å². The van der Waals surface area contributed by atoms with Crippen molar-refractivity contribution in [2.75, 3.05) is 32.2 Å². The normalized spacial score (nSPS) is 16.4. The number of benzene rings is 1.